The topological polar surface area (TPSA) is 41.1 Å². The Balaban J connectivity index is 2.17. The van der Waals surface area contributed by atoms with Crippen molar-refractivity contribution in [3.63, 3.8) is 0 Å². The van der Waals surface area contributed by atoms with Gasteiger partial charge in [0.15, 0.2) is 0 Å². The second-order valence-corrected chi connectivity index (χ2v) is 3.46. The van der Waals surface area contributed by atoms with Crippen LogP contribution in [0.1, 0.15) is 5.56 Å². The molecule has 0 saturated heterocycles. The number of halogens is 3. The van der Waals surface area contributed by atoms with Crippen LogP contribution in [0, 0.1) is 0 Å². The molecule has 0 aliphatic rings. The van der Waals surface area contributed by atoms with Crippen LogP contribution in [0.15, 0.2) is 30.3 Å². The minimum absolute atomic E-state index is 0.299. The van der Waals surface area contributed by atoms with Gasteiger partial charge in [-0.05, 0) is 12.0 Å². The van der Waals surface area contributed by atoms with Gasteiger partial charge in [0.25, 0.3) is 0 Å². The average molecular weight is 246 g/mol. The molecule has 0 aliphatic carbocycles. The van der Waals surface area contributed by atoms with Crippen molar-refractivity contribution in [1.82, 2.24) is 10.6 Å². The Morgan fingerprint density at radius 1 is 1.12 bits per heavy atom. The summed E-state index contributed by atoms with van der Waals surface area (Å²) in [5.41, 5.74) is 1.02. The number of nitrogens with one attached hydrogen (secondary N) is 2. The van der Waals surface area contributed by atoms with Gasteiger partial charge in [0.2, 0.25) is 0 Å². The Labute approximate surface area is 97.0 Å². The molecule has 0 radical (unpaired) electrons. The molecule has 3 nitrogen and oxygen atoms in total. The Bertz CT molecular complexity index is 351. The highest BCUT2D eigenvalue weighted by Crippen LogP contribution is 2.11. The fourth-order valence-electron chi connectivity index (χ4n) is 1.21. The van der Waals surface area contributed by atoms with Crippen molar-refractivity contribution in [1.29, 1.82) is 0 Å². The van der Waals surface area contributed by atoms with Crippen LogP contribution in [-0.4, -0.2) is 25.3 Å². The number of amides is 2. The van der Waals surface area contributed by atoms with E-state index in [0.29, 0.717) is 13.0 Å². The van der Waals surface area contributed by atoms with E-state index in [-0.39, 0.29) is 0 Å². The van der Waals surface area contributed by atoms with E-state index in [0.717, 1.165) is 5.56 Å². The third kappa shape index (κ3) is 6.44. The summed E-state index contributed by atoms with van der Waals surface area (Å²) in [7, 11) is 0. The molecule has 1 aromatic carbocycles. The van der Waals surface area contributed by atoms with Crippen LogP contribution < -0.4 is 10.6 Å². The molecular formula is C11H13F3N2O. The van der Waals surface area contributed by atoms with Gasteiger partial charge in [-0.15, -0.1) is 0 Å². The molecule has 1 rings (SSSR count). The fourth-order valence-corrected chi connectivity index (χ4v) is 1.21. The Morgan fingerprint density at radius 2 is 1.76 bits per heavy atom. The maximum absolute atomic E-state index is 11.8. The third-order valence-corrected chi connectivity index (χ3v) is 1.99. The lowest BCUT2D eigenvalue weighted by Crippen LogP contribution is -2.41. The van der Waals surface area contributed by atoms with Gasteiger partial charge in [0, 0.05) is 6.54 Å². The first-order chi connectivity index (χ1) is 7.97. The van der Waals surface area contributed by atoms with Crippen LogP contribution >= 0.6 is 0 Å². The van der Waals surface area contributed by atoms with Gasteiger partial charge in [-0.3, -0.25) is 0 Å². The molecule has 6 heteroatoms. The Hall–Kier alpha value is -1.72. The number of benzene rings is 1. The van der Waals surface area contributed by atoms with Crippen molar-refractivity contribution >= 4 is 6.03 Å². The zero-order valence-corrected chi connectivity index (χ0v) is 9.05. The zero-order chi connectivity index (χ0) is 12.7. The SMILES string of the molecule is O=C(NCCc1ccccc1)NCC(F)(F)F. The van der Waals surface area contributed by atoms with E-state index >= 15 is 0 Å². The van der Waals surface area contributed by atoms with Crippen LogP contribution in [-0.2, 0) is 6.42 Å². The summed E-state index contributed by atoms with van der Waals surface area (Å²) in [6.07, 6.45) is -3.79. The zero-order valence-electron chi connectivity index (χ0n) is 9.05. The summed E-state index contributed by atoms with van der Waals surface area (Å²) < 4.78 is 35.3. The van der Waals surface area contributed by atoms with Crippen molar-refractivity contribution in [2.24, 2.45) is 0 Å². The minimum Gasteiger partial charge on any atom is -0.338 e. The molecule has 0 aromatic heterocycles. The van der Waals surface area contributed by atoms with E-state index in [1.54, 1.807) is 5.32 Å². The number of hydrogen-bond donors (Lipinski definition) is 2. The number of alkyl halides is 3. The number of urea groups is 1. The van der Waals surface area contributed by atoms with Crippen LogP contribution in [0.25, 0.3) is 0 Å². The maximum atomic E-state index is 11.8. The average Bonchev–Trinajstić information content (AvgIpc) is 2.27. The Morgan fingerprint density at radius 3 is 2.35 bits per heavy atom. The van der Waals surface area contributed by atoms with Crippen molar-refractivity contribution in [3.8, 4) is 0 Å². The molecule has 0 spiro atoms. The number of rotatable bonds is 4. The monoisotopic (exact) mass is 246 g/mol. The smallest absolute Gasteiger partial charge is 0.338 e. The molecule has 2 N–H and O–H groups in total. The first kappa shape index (κ1) is 13.3. The highest BCUT2D eigenvalue weighted by molar-refractivity contribution is 5.73. The molecule has 94 valence electrons. The minimum atomic E-state index is -4.38. The summed E-state index contributed by atoms with van der Waals surface area (Å²) in [6.45, 7) is -1.02. The van der Waals surface area contributed by atoms with E-state index < -0.39 is 18.8 Å². The quantitative estimate of drug-likeness (QED) is 0.839. The molecule has 1 aromatic rings. The van der Waals surface area contributed by atoms with Crippen LogP contribution in [0.3, 0.4) is 0 Å². The van der Waals surface area contributed by atoms with E-state index in [2.05, 4.69) is 5.32 Å². The molecule has 0 saturated carbocycles. The molecule has 0 aliphatic heterocycles. The summed E-state index contributed by atoms with van der Waals surface area (Å²) in [6, 6.07) is 8.55. The van der Waals surface area contributed by atoms with Crippen LogP contribution in [0.5, 0.6) is 0 Å². The predicted octanol–water partition coefficient (Wildman–Crippen LogP) is 2.09. The van der Waals surface area contributed by atoms with E-state index in [1.165, 1.54) is 0 Å². The van der Waals surface area contributed by atoms with Crippen molar-refractivity contribution in [2.45, 2.75) is 12.6 Å². The lowest BCUT2D eigenvalue weighted by molar-refractivity contribution is -0.122. The normalized spacial score (nSPS) is 11.0. The summed E-state index contributed by atoms with van der Waals surface area (Å²) in [5, 5.41) is 4.09. The third-order valence-electron chi connectivity index (χ3n) is 1.99. The molecule has 0 bridgehead atoms. The fraction of sp³-hybridized carbons (Fsp3) is 0.364. The van der Waals surface area contributed by atoms with Gasteiger partial charge in [-0.2, -0.15) is 13.2 Å². The summed E-state index contributed by atoms with van der Waals surface area (Å²) >= 11 is 0. The van der Waals surface area contributed by atoms with Gasteiger partial charge >= 0.3 is 12.2 Å². The summed E-state index contributed by atoms with van der Waals surface area (Å²) in [5.74, 6) is 0. The first-order valence-corrected chi connectivity index (χ1v) is 5.10. The van der Waals surface area contributed by atoms with Crippen LogP contribution in [0.4, 0.5) is 18.0 Å². The highest BCUT2D eigenvalue weighted by Gasteiger charge is 2.27. The molecular weight excluding hydrogens is 233 g/mol. The van der Waals surface area contributed by atoms with E-state index in [4.69, 9.17) is 0 Å². The molecule has 0 unspecified atom stereocenters. The molecule has 0 fully saturated rings. The van der Waals surface area contributed by atoms with Crippen molar-refractivity contribution in [2.75, 3.05) is 13.1 Å². The lowest BCUT2D eigenvalue weighted by atomic mass is 10.1. The summed E-state index contributed by atoms with van der Waals surface area (Å²) in [4.78, 5) is 11.0. The molecule has 0 atom stereocenters. The molecule has 0 heterocycles. The van der Waals surface area contributed by atoms with Crippen molar-refractivity contribution < 1.29 is 18.0 Å². The Kier molecular flexibility index (Phi) is 4.81. The standard InChI is InChI=1S/C11H13F3N2O/c12-11(13,14)8-16-10(17)15-7-6-9-4-2-1-3-5-9/h1-5H,6-8H2,(H2,15,16,17). The number of carbonyl (C=O) groups is 1. The van der Waals surface area contributed by atoms with Gasteiger partial charge in [0.1, 0.15) is 6.54 Å². The number of hydrogen-bond acceptors (Lipinski definition) is 1. The largest absolute Gasteiger partial charge is 0.405 e. The second kappa shape index (κ2) is 6.12. The van der Waals surface area contributed by atoms with Crippen LogP contribution in [0.2, 0.25) is 0 Å². The van der Waals surface area contributed by atoms with Gasteiger partial charge < -0.3 is 10.6 Å². The van der Waals surface area contributed by atoms with Gasteiger partial charge in [0.05, 0.1) is 0 Å². The first-order valence-electron chi connectivity index (χ1n) is 5.10. The number of carbonyl (C=O) groups excluding carboxylic acids is 1. The molecule has 17 heavy (non-hydrogen) atoms. The maximum Gasteiger partial charge on any atom is 0.405 e. The van der Waals surface area contributed by atoms with Gasteiger partial charge in [-0.25, -0.2) is 4.79 Å². The predicted molar refractivity (Wildman–Crippen MR) is 57.6 cm³/mol. The second-order valence-electron chi connectivity index (χ2n) is 3.46. The highest BCUT2D eigenvalue weighted by atomic mass is 19.4. The lowest BCUT2D eigenvalue weighted by Gasteiger charge is -2.09. The molecule has 2 amide bonds. The van der Waals surface area contributed by atoms with Crippen molar-refractivity contribution in [3.05, 3.63) is 35.9 Å². The van der Waals surface area contributed by atoms with E-state index in [9.17, 15) is 18.0 Å². The van der Waals surface area contributed by atoms with E-state index in [1.807, 2.05) is 30.3 Å². The van der Waals surface area contributed by atoms with Gasteiger partial charge in [-0.1, -0.05) is 30.3 Å².